The molecule has 0 aromatic carbocycles. The summed E-state index contributed by atoms with van der Waals surface area (Å²) in [5.74, 6) is -0.958. The Labute approximate surface area is 111 Å². The molecule has 5 heteroatoms. The first-order chi connectivity index (χ1) is 8.54. The molecular formula is C13H20N2O2S. The smallest absolute Gasteiger partial charge is 0.218 e. The van der Waals surface area contributed by atoms with Crippen LogP contribution in [0, 0.1) is 0 Å². The van der Waals surface area contributed by atoms with E-state index in [9.17, 15) is 9.59 Å². The minimum absolute atomic E-state index is 0.168. The second-order valence-electron chi connectivity index (χ2n) is 4.44. The predicted octanol–water partition coefficient (Wildman–Crippen LogP) is 1.93. The van der Waals surface area contributed by atoms with Gasteiger partial charge in [0.15, 0.2) is 0 Å². The van der Waals surface area contributed by atoms with Gasteiger partial charge in [0.2, 0.25) is 11.8 Å². The molecule has 0 aliphatic rings. The predicted molar refractivity (Wildman–Crippen MR) is 73.3 cm³/mol. The number of aryl methyl sites for hydroxylation is 1. The van der Waals surface area contributed by atoms with E-state index in [0.29, 0.717) is 0 Å². The van der Waals surface area contributed by atoms with Crippen molar-refractivity contribution in [3.05, 3.63) is 21.9 Å². The number of nitrogens with two attached hydrogens (primary N) is 2. The number of amides is 2. The maximum absolute atomic E-state index is 11.1. The zero-order chi connectivity index (χ0) is 13.5. The lowest BCUT2D eigenvalue weighted by Gasteiger charge is -2.14. The molecule has 1 aromatic heterocycles. The first-order valence-electron chi connectivity index (χ1n) is 6.17. The Morgan fingerprint density at radius 1 is 1.28 bits per heavy atom. The number of primary amides is 2. The van der Waals surface area contributed by atoms with Crippen LogP contribution < -0.4 is 11.5 Å². The molecule has 18 heavy (non-hydrogen) atoms. The molecule has 0 bridgehead atoms. The molecule has 100 valence electrons. The third-order valence-electron chi connectivity index (χ3n) is 2.87. The van der Waals surface area contributed by atoms with Gasteiger partial charge in [-0.2, -0.15) is 0 Å². The Morgan fingerprint density at radius 3 is 2.39 bits per heavy atom. The van der Waals surface area contributed by atoms with E-state index >= 15 is 0 Å². The average Bonchev–Trinajstić information content (AvgIpc) is 2.72. The number of carbonyl (C=O) groups excluding carboxylic acids is 2. The fourth-order valence-electron chi connectivity index (χ4n) is 2.03. The summed E-state index contributed by atoms with van der Waals surface area (Å²) in [7, 11) is 0. The van der Waals surface area contributed by atoms with Crippen LogP contribution in [0.25, 0.3) is 0 Å². The SMILES string of the molecule is CCCCc1sccc1C(CC(N)=O)CC(N)=O. The van der Waals surface area contributed by atoms with Gasteiger partial charge in [-0.15, -0.1) is 11.3 Å². The van der Waals surface area contributed by atoms with Gasteiger partial charge in [0, 0.05) is 23.6 Å². The van der Waals surface area contributed by atoms with Crippen LogP contribution in [-0.2, 0) is 16.0 Å². The highest BCUT2D eigenvalue weighted by Crippen LogP contribution is 2.31. The van der Waals surface area contributed by atoms with Gasteiger partial charge >= 0.3 is 0 Å². The Morgan fingerprint density at radius 2 is 1.89 bits per heavy atom. The zero-order valence-electron chi connectivity index (χ0n) is 10.6. The molecule has 0 aliphatic carbocycles. The topological polar surface area (TPSA) is 86.2 Å². The molecule has 0 atom stereocenters. The summed E-state index contributed by atoms with van der Waals surface area (Å²) in [4.78, 5) is 23.4. The second kappa shape index (κ2) is 7.16. The highest BCUT2D eigenvalue weighted by Gasteiger charge is 2.20. The van der Waals surface area contributed by atoms with Gasteiger partial charge in [-0.1, -0.05) is 13.3 Å². The number of hydrogen-bond acceptors (Lipinski definition) is 3. The molecule has 2 amide bonds. The third-order valence-corrected chi connectivity index (χ3v) is 3.87. The lowest BCUT2D eigenvalue weighted by Crippen LogP contribution is -2.21. The van der Waals surface area contributed by atoms with Crippen molar-refractivity contribution in [3.63, 3.8) is 0 Å². The van der Waals surface area contributed by atoms with Crippen molar-refractivity contribution < 1.29 is 9.59 Å². The Hall–Kier alpha value is -1.36. The van der Waals surface area contributed by atoms with Crippen molar-refractivity contribution in [3.8, 4) is 0 Å². The molecule has 0 aliphatic heterocycles. The maximum Gasteiger partial charge on any atom is 0.218 e. The summed E-state index contributed by atoms with van der Waals surface area (Å²) in [6, 6.07) is 1.98. The first-order valence-corrected chi connectivity index (χ1v) is 7.05. The summed E-state index contributed by atoms with van der Waals surface area (Å²) < 4.78 is 0. The molecule has 4 nitrogen and oxygen atoms in total. The van der Waals surface area contributed by atoms with E-state index in [1.165, 1.54) is 4.88 Å². The number of hydrogen-bond donors (Lipinski definition) is 2. The second-order valence-corrected chi connectivity index (χ2v) is 5.44. The van der Waals surface area contributed by atoms with Gasteiger partial charge in [0.05, 0.1) is 0 Å². The number of rotatable bonds is 8. The number of carbonyl (C=O) groups is 2. The van der Waals surface area contributed by atoms with Crippen LogP contribution in [0.2, 0.25) is 0 Å². The summed E-state index contributed by atoms with van der Waals surface area (Å²) in [5.41, 5.74) is 11.5. The Bertz CT molecular complexity index is 399. The van der Waals surface area contributed by atoms with E-state index in [-0.39, 0.29) is 18.8 Å². The molecule has 0 fully saturated rings. The van der Waals surface area contributed by atoms with Crippen molar-refractivity contribution in [2.75, 3.05) is 0 Å². The van der Waals surface area contributed by atoms with Crippen LogP contribution in [0.5, 0.6) is 0 Å². The van der Waals surface area contributed by atoms with Crippen LogP contribution in [0.4, 0.5) is 0 Å². The molecule has 0 saturated heterocycles. The van der Waals surface area contributed by atoms with E-state index in [4.69, 9.17) is 11.5 Å². The van der Waals surface area contributed by atoms with E-state index in [2.05, 4.69) is 6.92 Å². The van der Waals surface area contributed by atoms with Gasteiger partial charge in [0.1, 0.15) is 0 Å². The van der Waals surface area contributed by atoms with Crippen LogP contribution in [-0.4, -0.2) is 11.8 Å². The number of thiophene rings is 1. The van der Waals surface area contributed by atoms with Crippen molar-refractivity contribution in [2.45, 2.75) is 44.9 Å². The maximum atomic E-state index is 11.1. The summed E-state index contributed by atoms with van der Waals surface area (Å²) in [6.07, 6.45) is 3.57. The quantitative estimate of drug-likeness (QED) is 0.754. The van der Waals surface area contributed by atoms with Crippen molar-refractivity contribution in [1.82, 2.24) is 0 Å². The molecule has 4 N–H and O–H groups in total. The largest absolute Gasteiger partial charge is 0.370 e. The minimum Gasteiger partial charge on any atom is -0.370 e. The standard InChI is InChI=1S/C13H20N2O2S/c1-2-3-4-11-10(5-6-18-11)9(7-12(14)16)8-13(15)17/h5-6,9H,2-4,7-8H2,1H3,(H2,14,16)(H2,15,17). The number of unbranched alkanes of at least 4 members (excludes halogenated alkanes) is 1. The molecule has 0 unspecified atom stereocenters. The van der Waals surface area contributed by atoms with E-state index < -0.39 is 11.8 Å². The molecule has 0 spiro atoms. The van der Waals surface area contributed by atoms with E-state index in [1.807, 2.05) is 11.4 Å². The normalized spacial score (nSPS) is 10.8. The zero-order valence-corrected chi connectivity index (χ0v) is 11.5. The van der Waals surface area contributed by atoms with Gasteiger partial charge < -0.3 is 11.5 Å². The summed E-state index contributed by atoms with van der Waals surface area (Å²) in [6.45, 7) is 2.14. The Balaban J connectivity index is 2.86. The van der Waals surface area contributed by atoms with Gasteiger partial charge in [-0.25, -0.2) is 0 Å². The van der Waals surface area contributed by atoms with Crippen molar-refractivity contribution in [2.24, 2.45) is 11.5 Å². The molecule has 1 rings (SSSR count). The van der Waals surface area contributed by atoms with Gasteiger partial charge in [-0.05, 0) is 29.9 Å². The highest BCUT2D eigenvalue weighted by atomic mass is 32.1. The van der Waals surface area contributed by atoms with E-state index in [1.54, 1.807) is 11.3 Å². The lowest BCUT2D eigenvalue weighted by molar-refractivity contribution is -0.119. The van der Waals surface area contributed by atoms with Gasteiger partial charge in [-0.3, -0.25) is 9.59 Å². The highest BCUT2D eigenvalue weighted by molar-refractivity contribution is 7.10. The first kappa shape index (κ1) is 14.7. The molecule has 1 heterocycles. The van der Waals surface area contributed by atoms with Crippen LogP contribution in [0.15, 0.2) is 11.4 Å². The average molecular weight is 268 g/mol. The lowest BCUT2D eigenvalue weighted by atomic mass is 9.91. The molecule has 0 saturated carbocycles. The van der Waals surface area contributed by atoms with Crippen LogP contribution in [0.1, 0.15) is 49.0 Å². The summed E-state index contributed by atoms with van der Waals surface area (Å²) in [5, 5.41) is 2.00. The third kappa shape index (κ3) is 4.49. The monoisotopic (exact) mass is 268 g/mol. The Kier molecular flexibility index (Phi) is 5.85. The van der Waals surface area contributed by atoms with Crippen molar-refractivity contribution in [1.29, 1.82) is 0 Å². The van der Waals surface area contributed by atoms with E-state index in [0.717, 1.165) is 24.8 Å². The molecule has 0 radical (unpaired) electrons. The van der Waals surface area contributed by atoms with Gasteiger partial charge in [0.25, 0.3) is 0 Å². The summed E-state index contributed by atoms with van der Waals surface area (Å²) >= 11 is 1.67. The van der Waals surface area contributed by atoms with Crippen LogP contribution >= 0.6 is 11.3 Å². The molecule has 1 aromatic rings. The fraction of sp³-hybridized carbons (Fsp3) is 0.538. The minimum atomic E-state index is -0.395. The van der Waals surface area contributed by atoms with Crippen molar-refractivity contribution >= 4 is 23.2 Å². The fourth-order valence-corrected chi connectivity index (χ4v) is 3.04. The van der Waals surface area contributed by atoms with Crippen LogP contribution in [0.3, 0.4) is 0 Å². The molecular weight excluding hydrogens is 248 g/mol.